The van der Waals surface area contributed by atoms with Crippen LogP contribution in [0.1, 0.15) is 27.7 Å². The van der Waals surface area contributed by atoms with Crippen molar-refractivity contribution in [3.05, 3.63) is 0 Å². The third-order valence-corrected chi connectivity index (χ3v) is 4.57. The van der Waals surface area contributed by atoms with Crippen molar-refractivity contribution >= 4 is 17.9 Å². The lowest BCUT2D eigenvalue weighted by Crippen LogP contribution is -2.47. The molecule has 2 saturated heterocycles. The maximum Gasteiger partial charge on any atom is 0.324 e. The van der Waals surface area contributed by atoms with E-state index >= 15 is 0 Å². The van der Waals surface area contributed by atoms with Gasteiger partial charge in [0.15, 0.2) is 5.96 Å². The fraction of sp³-hybridized carbons (Fsp3) is 0.812. The number of carbonyl (C=O) groups excluding carboxylic acids is 2. The van der Waals surface area contributed by atoms with Crippen LogP contribution in [0.2, 0.25) is 0 Å². The van der Waals surface area contributed by atoms with Crippen LogP contribution in [0.25, 0.3) is 0 Å². The first-order valence-corrected chi connectivity index (χ1v) is 8.79. The highest BCUT2D eigenvalue weighted by molar-refractivity contribution is 6.01. The van der Waals surface area contributed by atoms with E-state index < -0.39 is 0 Å². The molecule has 2 rings (SSSR count). The molecule has 0 aromatic rings. The Hall–Kier alpha value is -1.83. The van der Waals surface area contributed by atoms with Crippen molar-refractivity contribution in [2.75, 3.05) is 39.3 Å². The molecule has 0 spiro atoms. The van der Waals surface area contributed by atoms with Crippen molar-refractivity contribution in [1.82, 2.24) is 25.8 Å². The van der Waals surface area contributed by atoms with Crippen molar-refractivity contribution in [1.29, 1.82) is 0 Å². The van der Waals surface area contributed by atoms with Crippen molar-refractivity contribution in [2.45, 2.75) is 39.8 Å². The molecule has 0 aromatic carbocycles. The number of guanidine groups is 1. The lowest BCUT2D eigenvalue weighted by Gasteiger charge is -2.22. The SMILES string of the molecule is CCNC(=NCCN1C(=O)CNC1=O)NC1CN(C(C)C)CC1C. The molecule has 2 unspecified atom stereocenters. The molecule has 0 saturated carbocycles. The molecular formula is C16H30N6O2. The average molecular weight is 338 g/mol. The quantitative estimate of drug-likeness (QED) is 0.355. The van der Waals surface area contributed by atoms with Gasteiger partial charge in [-0.2, -0.15) is 0 Å². The fourth-order valence-corrected chi connectivity index (χ4v) is 3.05. The van der Waals surface area contributed by atoms with Crippen LogP contribution in [0, 0.1) is 5.92 Å². The number of urea groups is 1. The maximum atomic E-state index is 11.6. The van der Waals surface area contributed by atoms with Crippen molar-refractivity contribution in [3.8, 4) is 0 Å². The van der Waals surface area contributed by atoms with Crippen LogP contribution >= 0.6 is 0 Å². The summed E-state index contributed by atoms with van der Waals surface area (Å²) >= 11 is 0. The van der Waals surface area contributed by atoms with Gasteiger partial charge in [0.05, 0.1) is 19.6 Å². The van der Waals surface area contributed by atoms with E-state index in [1.165, 1.54) is 4.90 Å². The second-order valence-corrected chi connectivity index (χ2v) is 6.74. The standard InChI is InChI=1S/C16H30N6O2/c1-5-17-15(18-6-7-22-14(23)8-19-16(22)24)20-13-10-21(11(2)3)9-12(13)4/h11-13H,5-10H2,1-4H3,(H,19,24)(H2,17,18,20). The first kappa shape index (κ1) is 18.5. The zero-order chi connectivity index (χ0) is 17.7. The van der Waals surface area contributed by atoms with E-state index in [9.17, 15) is 9.59 Å². The lowest BCUT2D eigenvalue weighted by atomic mass is 10.1. The fourth-order valence-electron chi connectivity index (χ4n) is 3.05. The largest absolute Gasteiger partial charge is 0.357 e. The molecule has 8 nitrogen and oxygen atoms in total. The minimum absolute atomic E-state index is 0.0888. The van der Waals surface area contributed by atoms with Crippen LogP contribution in [-0.4, -0.2) is 79.0 Å². The lowest BCUT2D eigenvalue weighted by molar-refractivity contribution is -0.124. The van der Waals surface area contributed by atoms with Gasteiger partial charge in [-0.15, -0.1) is 0 Å². The van der Waals surface area contributed by atoms with Crippen molar-refractivity contribution in [2.24, 2.45) is 10.9 Å². The first-order chi connectivity index (χ1) is 11.4. The molecule has 0 radical (unpaired) electrons. The second kappa shape index (κ2) is 8.32. The van der Waals surface area contributed by atoms with Crippen LogP contribution in [0.4, 0.5) is 4.79 Å². The second-order valence-electron chi connectivity index (χ2n) is 6.74. The summed E-state index contributed by atoms with van der Waals surface area (Å²) < 4.78 is 0. The minimum Gasteiger partial charge on any atom is -0.357 e. The third-order valence-electron chi connectivity index (χ3n) is 4.57. The monoisotopic (exact) mass is 338 g/mol. The molecule has 2 aliphatic heterocycles. The van der Waals surface area contributed by atoms with Gasteiger partial charge in [-0.1, -0.05) is 6.92 Å². The number of nitrogens with zero attached hydrogens (tertiary/aromatic N) is 3. The van der Waals surface area contributed by atoms with Gasteiger partial charge < -0.3 is 16.0 Å². The van der Waals surface area contributed by atoms with Crippen molar-refractivity contribution < 1.29 is 9.59 Å². The number of hydrogen-bond acceptors (Lipinski definition) is 4. The third kappa shape index (κ3) is 4.59. The van der Waals surface area contributed by atoms with Crippen molar-refractivity contribution in [3.63, 3.8) is 0 Å². The zero-order valence-corrected chi connectivity index (χ0v) is 15.1. The van der Waals surface area contributed by atoms with Gasteiger partial charge in [-0.25, -0.2) is 4.79 Å². The molecule has 2 atom stereocenters. The van der Waals surface area contributed by atoms with Gasteiger partial charge in [0.25, 0.3) is 0 Å². The summed E-state index contributed by atoms with van der Waals surface area (Å²) in [5.41, 5.74) is 0. The summed E-state index contributed by atoms with van der Waals surface area (Å²) in [6, 6.07) is 0.561. The number of likely N-dealkylation sites (tertiary alicyclic amines) is 1. The molecule has 3 N–H and O–H groups in total. The van der Waals surface area contributed by atoms with E-state index in [0.717, 1.165) is 25.6 Å². The van der Waals surface area contributed by atoms with E-state index in [2.05, 4.69) is 46.6 Å². The molecule has 2 fully saturated rings. The summed E-state index contributed by atoms with van der Waals surface area (Å²) in [7, 11) is 0. The van der Waals surface area contributed by atoms with Crippen LogP contribution in [0.15, 0.2) is 4.99 Å². The number of amides is 3. The Balaban J connectivity index is 1.89. The van der Waals surface area contributed by atoms with E-state index in [1.807, 2.05) is 6.92 Å². The maximum absolute atomic E-state index is 11.6. The number of nitrogens with one attached hydrogen (secondary N) is 3. The number of carbonyl (C=O) groups is 2. The van der Waals surface area contributed by atoms with Gasteiger partial charge in [0.2, 0.25) is 5.91 Å². The molecule has 3 amide bonds. The smallest absolute Gasteiger partial charge is 0.324 e. The normalized spacial score (nSPS) is 25.5. The number of hydrogen-bond donors (Lipinski definition) is 3. The predicted molar refractivity (Wildman–Crippen MR) is 93.9 cm³/mol. The topological polar surface area (TPSA) is 89.1 Å². The molecular weight excluding hydrogens is 308 g/mol. The van der Waals surface area contributed by atoms with Crippen LogP contribution in [0.5, 0.6) is 0 Å². The van der Waals surface area contributed by atoms with Crippen LogP contribution in [-0.2, 0) is 4.79 Å². The Morgan fingerprint density at radius 3 is 2.67 bits per heavy atom. The molecule has 8 heteroatoms. The molecule has 136 valence electrons. The Morgan fingerprint density at radius 2 is 2.12 bits per heavy atom. The minimum atomic E-state index is -0.329. The molecule has 2 heterocycles. The van der Waals surface area contributed by atoms with Crippen LogP contribution in [0.3, 0.4) is 0 Å². The van der Waals surface area contributed by atoms with E-state index in [-0.39, 0.29) is 18.5 Å². The highest BCUT2D eigenvalue weighted by Gasteiger charge is 2.31. The van der Waals surface area contributed by atoms with Gasteiger partial charge in [-0.05, 0) is 26.7 Å². The average Bonchev–Trinajstić information content (AvgIpc) is 3.04. The Morgan fingerprint density at radius 1 is 1.38 bits per heavy atom. The van der Waals surface area contributed by atoms with Gasteiger partial charge in [0, 0.05) is 31.7 Å². The van der Waals surface area contributed by atoms with Gasteiger partial charge >= 0.3 is 6.03 Å². The molecule has 0 bridgehead atoms. The van der Waals surface area contributed by atoms with E-state index in [4.69, 9.17) is 0 Å². The summed E-state index contributed by atoms with van der Waals surface area (Å²) in [5, 5.41) is 9.25. The molecule has 0 aliphatic carbocycles. The number of rotatable bonds is 6. The van der Waals surface area contributed by atoms with E-state index in [1.54, 1.807) is 0 Å². The summed E-state index contributed by atoms with van der Waals surface area (Å²) in [6.07, 6.45) is 0. The van der Waals surface area contributed by atoms with Crippen LogP contribution < -0.4 is 16.0 Å². The predicted octanol–water partition coefficient (Wildman–Crippen LogP) is -0.178. The van der Waals surface area contributed by atoms with Gasteiger partial charge in [-0.3, -0.25) is 19.6 Å². The zero-order valence-electron chi connectivity index (χ0n) is 15.1. The van der Waals surface area contributed by atoms with Gasteiger partial charge in [0.1, 0.15) is 0 Å². The highest BCUT2D eigenvalue weighted by atomic mass is 16.2. The summed E-state index contributed by atoms with van der Waals surface area (Å²) in [6.45, 7) is 12.3. The first-order valence-electron chi connectivity index (χ1n) is 8.79. The summed E-state index contributed by atoms with van der Waals surface area (Å²) in [5.74, 6) is 1.10. The number of imide groups is 1. The molecule has 0 aromatic heterocycles. The summed E-state index contributed by atoms with van der Waals surface area (Å²) in [4.78, 5) is 31.3. The Labute approximate surface area is 144 Å². The molecule has 24 heavy (non-hydrogen) atoms. The number of aliphatic imine (C=N–C) groups is 1. The Bertz CT molecular complexity index is 477. The Kier molecular flexibility index (Phi) is 6.42. The molecule has 2 aliphatic rings. The highest BCUT2D eigenvalue weighted by Crippen LogP contribution is 2.18. The van der Waals surface area contributed by atoms with E-state index in [0.29, 0.717) is 31.1 Å².